The maximum atomic E-state index is 12.0. The van der Waals surface area contributed by atoms with E-state index in [0.29, 0.717) is 19.3 Å². The number of methoxy groups -OCH3 is 1. The summed E-state index contributed by atoms with van der Waals surface area (Å²) >= 11 is 0. The Morgan fingerprint density at radius 2 is 1.72 bits per heavy atom. The van der Waals surface area contributed by atoms with Gasteiger partial charge in [-0.05, 0) is 46.0 Å². The van der Waals surface area contributed by atoms with Crippen molar-refractivity contribution in [3.8, 4) is 0 Å². The van der Waals surface area contributed by atoms with Gasteiger partial charge in [-0.2, -0.15) is 0 Å². The van der Waals surface area contributed by atoms with E-state index in [4.69, 9.17) is 9.47 Å². The highest BCUT2D eigenvalue weighted by molar-refractivity contribution is 5.75. The highest BCUT2D eigenvalue weighted by atomic mass is 16.6. The lowest BCUT2D eigenvalue weighted by Crippen LogP contribution is -2.36. The Bertz CT molecular complexity index is 316. The van der Waals surface area contributed by atoms with Crippen LogP contribution >= 0.6 is 0 Å². The van der Waals surface area contributed by atoms with Gasteiger partial charge in [0.1, 0.15) is 5.60 Å². The van der Waals surface area contributed by atoms with Crippen LogP contribution in [0.4, 0.5) is 0 Å². The fourth-order valence-electron chi connectivity index (χ4n) is 2.50. The molecule has 0 unspecified atom stereocenters. The van der Waals surface area contributed by atoms with Crippen LogP contribution in [0.2, 0.25) is 0 Å². The lowest BCUT2D eigenvalue weighted by molar-refractivity contribution is -0.164. The first kappa shape index (κ1) is 15.0. The molecule has 1 fully saturated rings. The van der Waals surface area contributed by atoms with Gasteiger partial charge in [0.15, 0.2) is 0 Å². The molecule has 4 heteroatoms. The van der Waals surface area contributed by atoms with Crippen molar-refractivity contribution in [2.24, 2.45) is 17.8 Å². The van der Waals surface area contributed by atoms with Gasteiger partial charge in [0.2, 0.25) is 0 Å². The first-order chi connectivity index (χ1) is 8.24. The quantitative estimate of drug-likeness (QED) is 0.712. The van der Waals surface area contributed by atoms with Gasteiger partial charge in [0.25, 0.3) is 0 Å². The van der Waals surface area contributed by atoms with E-state index in [0.717, 1.165) is 0 Å². The number of hydrogen-bond donors (Lipinski definition) is 0. The van der Waals surface area contributed by atoms with Crippen LogP contribution in [0.3, 0.4) is 0 Å². The lowest BCUT2D eigenvalue weighted by Gasteiger charge is -2.32. The molecule has 104 valence electrons. The van der Waals surface area contributed by atoms with Gasteiger partial charge in [0, 0.05) is 0 Å². The topological polar surface area (TPSA) is 52.6 Å². The SMILES string of the molecule is COC(=O)[C@@H]1CC[C@@H](C(=O)OC(C)(C)C)C[C@@H]1C. The van der Waals surface area contributed by atoms with Crippen molar-refractivity contribution in [3.63, 3.8) is 0 Å². The predicted octanol–water partition coefficient (Wildman–Crippen LogP) is 2.55. The predicted molar refractivity (Wildman–Crippen MR) is 67.9 cm³/mol. The molecule has 0 aliphatic heterocycles. The summed E-state index contributed by atoms with van der Waals surface area (Å²) in [7, 11) is 1.41. The van der Waals surface area contributed by atoms with E-state index in [1.165, 1.54) is 7.11 Å². The van der Waals surface area contributed by atoms with Gasteiger partial charge in [-0.1, -0.05) is 6.92 Å². The zero-order chi connectivity index (χ0) is 13.9. The van der Waals surface area contributed by atoms with Crippen molar-refractivity contribution in [2.75, 3.05) is 7.11 Å². The molecule has 0 bridgehead atoms. The van der Waals surface area contributed by atoms with Crippen molar-refractivity contribution in [2.45, 2.75) is 52.6 Å². The molecular formula is C14H24O4. The van der Waals surface area contributed by atoms with Crippen LogP contribution in [0.15, 0.2) is 0 Å². The molecule has 0 N–H and O–H groups in total. The van der Waals surface area contributed by atoms with Crippen LogP contribution in [0.25, 0.3) is 0 Å². The summed E-state index contributed by atoms with van der Waals surface area (Å²) in [6.45, 7) is 7.61. The molecule has 1 aliphatic carbocycles. The molecule has 0 aromatic rings. The van der Waals surface area contributed by atoms with Gasteiger partial charge < -0.3 is 9.47 Å². The minimum atomic E-state index is -0.445. The Morgan fingerprint density at radius 3 is 2.17 bits per heavy atom. The van der Waals surface area contributed by atoms with Crippen LogP contribution in [0.1, 0.15) is 47.0 Å². The molecule has 1 saturated carbocycles. The maximum absolute atomic E-state index is 12.0. The average molecular weight is 256 g/mol. The van der Waals surface area contributed by atoms with Crippen molar-refractivity contribution in [3.05, 3.63) is 0 Å². The van der Waals surface area contributed by atoms with E-state index in [-0.39, 0.29) is 29.7 Å². The molecule has 4 nitrogen and oxygen atoms in total. The van der Waals surface area contributed by atoms with Gasteiger partial charge in [-0.3, -0.25) is 9.59 Å². The molecule has 0 aromatic heterocycles. The zero-order valence-corrected chi connectivity index (χ0v) is 12.0. The lowest BCUT2D eigenvalue weighted by atomic mass is 9.75. The minimum absolute atomic E-state index is 0.0753. The molecule has 3 atom stereocenters. The second kappa shape index (κ2) is 5.72. The number of carbonyl (C=O) groups excluding carboxylic acids is 2. The number of ether oxygens (including phenoxy) is 2. The zero-order valence-electron chi connectivity index (χ0n) is 12.0. The Kier molecular flexibility index (Phi) is 4.77. The standard InChI is InChI=1S/C14H24O4/c1-9-8-10(12(15)18-14(2,3)4)6-7-11(9)13(16)17-5/h9-11H,6-8H2,1-5H3/t9-,10+,11+/m0/s1. The highest BCUT2D eigenvalue weighted by Crippen LogP contribution is 2.35. The van der Waals surface area contributed by atoms with Gasteiger partial charge in [-0.25, -0.2) is 0 Å². The average Bonchev–Trinajstić information content (AvgIpc) is 2.25. The summed E-state index contributed by atoms with van der Waals surface area (Å²) in [5.74, 6) is -0.291. The first-order valence-electron chi connectivity index (χ1n) is 6.55. The second-order valence-electron chi connectivity index (χ2n) is 6.15. The van der Waals surface area contributed by atoms with Crippen molar-refractivity contribution in [1.82, 2.24) is 0 Å². The van der Waals surface area contributed by atoms with Crippen molar-refractivity contribution < 1.29 is 19.1 Å². The van der Waals surface area contributed by atoms with E-state index in [2.05, 4.69) is 0 Å². The Hall–Kier alpha value is -1.06. The fourth-order valence-corrected chi connectivity index (χ4v) is 2.50. The Labute approximate surface area is 109 Å². The van der Waals surface area contributed by atoms with Crippen LogP contribution in [0.5, 0.6) is 0 Å². The normalized spacial score (nSPS) is 28.6. The Balaban J connectivity index is 2.55. The fraction of sp³-hybridized carbons (Fsp3) is 0.857. The number of hydrogen-bond acceptors (Lipinski definition) is 4. The van der Waals surface area contributed by atoms with Gasteiger partial charge in [-0.15, -0.1) is 0 Å². The second-order valence-corrected chi connectivity index (χ2v) is 6.15. The summed E-state index contributed by atoms with van der Waals surface area (Å²) in [5, 5.41) is 0. The third-order valence-electron chi connectivity index (χ3n) is 3.41. The molecule has 0 amide bonds. The molecule has 0 saturated heterocycles. The largest absolute Gasteiger partial charge is 0.469 e. The van der Waals surface area contributed by atoms with E-state index < -0.39 is 5.60 Å². The number of esters is 2. The smallest absolute Gasteiger partial charge is 0.309 e. The van der Waals surface area contributed by atoms with E-state index in [1.807, 2.05) is 27.7 Å². The molecule has 18 heavy (non-hydrogen) atoms. The third kappa shape index (κ3) is 4.00. The molecular weight excluding hydrogens is 232 g/mol. The van der Waals surface area contributed by atoms with Crippen LogP contribution in [-0.2, 0) is 19.1 Å². The van der Waals surface area contributed by atoms with Crippen molar-refractivity contribution >= 4 is 11.9 Å². The summed E-state index contributed by atoms with van der Waals surface area (Å²) in [5.41, 5.74) is -0.445. The van der Waals surface area contributed by atoms with E-state index in [1.54, 1.807) is 0 Å². The molecule has 0 aromatic carbocycles. The van der Waals surface area contributed by atoms with Gasteiger partial charge >= 0.3 is 11.9 Å². The number of carbonyl (C=O) groups is 2. The highest BCUT2D eigenvalue weighted by Gasteiger charge is 2.37. The van der Waals surface area contributed by atoms with Crippen LogP contribution in [-0.4, -0.2) is 24.6 Å². The van der Waals surface area contributed by atoms with Crippen LogP contribution in [0, 0.1) is 17.8 Å². The Morgan fingerprint density at radius 1 is 1.11 bits per heavy atom. The summed E-state index contributed by atoms with van der Waals surface area (Å²) in [6.07, 6.45) is 2.12. The third-order valence-corrected chi connectivity index (χ3v) is 3.41. The molecule has 0 spiro atoms. The van der Waals surface area contributed by atoms with Crippen LogP contribution < -0.4 is 0 Å². The van der Waals surface area contributed by atoms with Gasteiger partial charge in [0.05, 0.1) is 18.9 Å². The summed E-state index contributed by atoms with van der Waals surface area (Å²) < 4.78 is 10.2. The molecule has 0 heterocycles. The monoisotopic (exact) mass is 256 g/mol. The van der Waals surface area contributed by atoms with Crippen molar-refractivity contribution in [1.29, 1.82) is 0 Å². The summed E-state index contributed by atoms with van der Waals surface area (Å²) in [6, 6.07) is 0. The summed E-state index contributed by atoms with van der Waals surface area (Å²) in [4.78, 5) is 23.5. The molecule has 0 radical (unpaired) electrons. The first-order valence-corrected chi connectivity index (χ1v) is 6.55. The minimum Gasteiger partial charge on any atom is -0.469 e. The molecule has 1 rings (SSSR count). The number of rotatable bonds is 2. The molecule has 1 aliphatic rings. The van der Waals surface area contributed by atoms with E-state index >= 15 is 0 Å². The maximum Gasteiger partial charge on any atom is 0.309 e. The van der Waals surface area contributed by atoms with E-state index in [9.17, 15) is 9.59 Å².